The molecule has 6 nitrogen and oxygen atoms in total. The van der Waals surface area contributed by atoms with Crippen LogP contribution in [0.1, 0.15) is 21.6 Å². The highest BCUT2D eigenvalue weighted by Crippen LogP contribution is 2.25. The maximum Gasteiger partial charge on any atom is 0.289 e. The monoisotopic (exact) mass is 333 g/mol. The summed E-state index contributed by atoms with van der Waals surface area (Å²) in [6, 6.07) is 18.1. The third-order valence-electron chi connectivity index (χ3n) is 3.49. The van der Waals surface area contributed by atoms with E-state index in [0.717, 1.165) is 0 Å². The zero-order chi connectivity index (χ0) is 17.6. The van der Waals surface area contributed by atoms with Gasteiger partial charge in [-0.1, -0.05) is 30.3 Å². The van der Waals surface area contributed by atoms with Gasteiger partial charge in [-0.05, 0) is 36.4 Å². The largest absolute Gasteiger partial charge is 0.507 e. The normalized spacial score (nSPS) is 10.1. The van der Waals surface area contributed by atoms with Crippen molar-refractivity contribution in [1.29, 1.82) is 0 Å². The first-order valence-corrected chi connectivity index (χ1v) is 7.52. The number of carbonyl (C=O) groups excluding carboxylic acids is 1. The van der Waals surface area contributed by atoms with Crippen molar-refractivity contribution in [2.75, 3.05) is 0 Å². The van der Waals surface area contributed by atoms with E-state index < -0.39 is 5.91 Å². The number of hydrogen-bond acceptors (Lipinski definition) is 5. The Morgan fingerprint density at radius 1 is 0.840 bits per heavy atom. The number of rotatable bonds is 4. The van der Waals surface area contributed by atoms with Crippen LogP contribution in [0, 0.1) is 0 Å². The summed E-state index contributed by atoms with van der Waals surface area (Å²) in [5.74, 6) is -0.530. The average Bonchev–Trinajstić information content (AvgIpc) is 2.65. The molecule has 0 aliphatic carbocycles. The molecule has 6 heteroatoms. The molecular weight excluding hydrogens is 318 g/mol. The van der Waals surface area contributed by atoms with E-state index in [1.165, 1.54) is 18.3 Å². The number of benzene rings is 2. The summed E-state index contributed by atoms with van der Waals surface area (Å²) in [5.41, 5.74) is 3.62. The number of phenols is 2. The third-order valence-corrected chi connectivity index (χ3v) is 3.49. The first kappa shape index (κ1) is 16.2. The zero-order valence-electron chi connectivity index (χ0n) is 13.1. The topological polar surface area (TPSA) is 94.8 Å². The van der Waals surface area contributed by atoms with Gasteiger partial charge in [-0.3, -0.25) is 9.78 Å². The fourth-order valence-electron chi connectivity index (χ4n) is 2.27. The standard InChI is InChI=1S/C19H15N3O3/c23-16-10-3-1-7-13(16)18(14-8-2-4-11-17(14)24)21-22-19(25)15-9-5-6-12-20-15/h1-12,23-24H,(H,22,25). The van der Waals surface area contributed by atoms with Crippen LogP contribution in [-0.2, 0) is 0 Å². The molecule has 0 radical (unpaired) electrons. The number of nitrogens with zero attached hydrogens (tertiary/aromatic N) is 2. The summed E-state index contributed by atoms with van der Waals surface area (Å²) in [6.45, 7) is 0. The number of nitrogens with one attached hydrogen (secondary N) is 1. The Bertz CT molecular complexity index is 876. The van der Waals surface area contributed by atoms with Crippen LogP contribution in [0.5, 0.6) is 11.5 Å². The van der Waals surface area contributed by atoms with Crippen molar-refractivity contribution >= 4 is 11.6 Å². The predicted molar refractivity (Wildman–Crippen MR) is 93.6 cm³/mol. The fourth-order valence-corrected chi connectivity index (χ4v) is 2.27. The van der Waals surface area contributed by atoms with Gasteiger partial charge in [0.25, 0.3) is 5.91 Å². The first-order valence-electron chi connectivity index (χ1n) is 7.52. The van der Waals surface area contributed by atoms with E-state index in [4.69, 9.17) is 0 Å². The molecule has 1 aromatic heterocycles. The summed E-state index contributed by atoms with van der Waals surface area (Å²) in [5, 5.41) is 24.4. The molecule has 1 amide bonds. The number of phenolic OH excluding ortho intramolecular Hbond substituents is 2. The van der Waals surface area contributed by atoms with E-state index in [9.17, 15) is 15.0 Å². The van der Waals surface area contributed by atoms with E-state index in [1.54, 1.807) is 54.6 Å². The van der Waals surface area contributed by atoms with Crippen molar-refractivity contribution in [2.45, 2.75) is 0 Å². The molecule has 3 aromatic rings. The van der Waals surface area contributed by atoms with Crippen LogP contribution in [0.4, 0.5) is 0 Å². The smallest absolute Gasteiger partial charge is 0.289 e. The highest BCUT2D eigenvalue weighted by molar-refractivity contribution is 6.16. The van der Waals surface area contributed by atoms with E-state index in [0.29, 0.717) is 11.1 Å². The molecule has 0 bridgehead atoms. The second-order valence-electron chi connectivity index (χ2n) is 5.15. The van der Waals surface area contributed by atoms with Crippen molar-refractivity contribution in [2.24, 2.45) is 5.10 Å². The minimum absolute atomic E-state index is 0.0170. The van der Waals surface area contributed by atoms with Crippen LogP contribution in [0.15, 0.2) is 78.0 Å². The molecule has 3 N–H and O–H groups in total. The molecule has 25 heavy (non-hydrogen) atoms. The maximum atomic E-state index is 12.2. The van der Waals surface area contributed by atoms with Gasteiger partial charge < -0.3 is 10.2 Å². The number of carbonyl (C=O) groups is 1. The van der Waals surface area contributed by atoms with Crippen LogP contribution in [0.3, 0.4) is 0 Å². The second kappa shape index (κ2) is 7.27. The third kappa shape index (κ3) is 3.64. The first-order chi connectivity index (χ1) is 12.2. The average molecular weight is 333 g/mol. The van der Waals surface area contributed by atoms with E-state index in [1.807, 2.05) is 0 Å². The fraction of sp³-hybridized carbons (Fsp3) is 0. The lowest BCUT2D eigenvalue weighted by Gasteiger charge is -2.11. The van der Waals surface area contributed by atoms with Crippen molar-refractivity contribution in [3.8, 4) is 11.5 Å². The van der Waals surface area contributed by atoms with Crippen molar-refractivity contribution < 1.29 is 15.0 Å². The van der Waals surface area contributed by atoms with Crippen LogP contribution in [0.2, 0.25) is 0 Å². The molecule has 0 aliphatic rings. The number of hydrazone groups is 1. The van der Waals surface area contributed by atoms with E-state index in [2.05, 4.69) is 15.5 Å². The van der Waals surface area contributed by atoms with Gasteiger partial charge in [-0.15, -0.1) is 0 Å². The highest BCUT2D eigenvalue weighted by atomic mass is 16.3. The molecule has 0 unspecified atom stereocenters. The number of pyridine rings is 1. The SMILES string of the molecule is O=C(NN=C(c1ccccc1O)c1ccccc1O)c1ccccn1. The van der Waals surface area contributed by atoms with Gasteiger partial charge in [0.05, 0.1) is 0 Å². The maximum absolute atomic E-state index is 12.2. The molecule has 3 rings (SSSR count). The number of aromatic hydroxyl groups is 2. The highest BCUT2D eigenvalue weighted by Gasteiger charge is 2.16. The summed E-state index contributed by atoms with van der Waals surface area (Å²) in [7, 11) is 0. The summed E-state index contributed by atoms with van der Waals surface area (Å²) in [6.07, 6.45) is 1.51. The Morgan fingerprint density at radius 3 is 1.92 bits per heavy atom. The molecule has 0 fully saturated rings. The van der Waals surface area contributed by atoms with Gasteiger partial charge in [0.2, 0.25) is 0 Å². The summed E-state index contributed by atoms with van der Waals surface area (Å²) in [4.78, 5) is 16.1. The van der Waals surface area contributed by atoms with Gasteiger partial charge in [-0.2, -0.15) is 5.10 Å². The zero-order valence-corrected chi connectivity index (χ0v) is 13.1. The second-order valence-corrected chi connectivity index (χ2v) is 5.15. The summed E-state index contributed by atoms with van der Waals surface area (Å²) < 4.78 is 0. The molecule has 0 saturated carbocycles. The number of aromatic nitrogens is 1. The van der Waals surface area contributed by atoms with Gasteiger partial charge in [-0.25, -0.2) is 5.43 Å². The Morgan fingerprint density at radius 2 is 1.40 bits per heavy atom. The van der Waals surface area contributed by atoms with E-state index >= 15 is 0 Å². The quantitative estimate of drug-likeness (QED) is 0.505. The minimum Gasteiger partial charge on any atom is -0.507 e. The molecule has 0 atom stereocenters. The van der Waals surface area contributed by atoms with Crippen LogP contribution < -0.4 is 5.43 Å². The van der Waals surface area contributed by atoms with Gasteiger partial charge in [0, 0.05) is 17.3 Å². The summed E-state index contributed by atoms with van der Waals surface area (Å²) >= 11 is 0. The number of para-hydroxylation sites is 2. The van der Waals surface area contributed by atoms with E-state index in [-0.39, 0.29) is 22.9 Å². The van der Waals surface area contributed by atoms with Crippen LogP contribution >= 0.6 is 0 Å². The Balaban J connectivity index is 2.01. The Kier molecular flexibility index (Phi) is 4.71. The Labute approximate surface area is 144 Å². The lowest BCUT2D eigenvalue weighted by Crippen LogP contribution is -2.21. The lowest BCUT2D eigenvalue weighted by atomic mass is 10.0. The molecule has 0 saturated heterocycles. The lowest BCUT2D eigenvalue weighted by molar-refractivity contribution is 0.0950. The molecular formula is C19H15N3O3. The predicted octanol–water partition coefficient (Wildman–Crippen LogP) is 2.68. The molecule has 124 valence electrons. The molecule has 0 spiro atoms. The number of amides is 1. The van der Waals surface area contributed by atoms with Crippen LogP contribution in [-0.4, -0.2) is 26.8 Å². The van der Waals surface area contributed by atoms with Gasteiger partial charge in [0.1, 0.15) is 22.9 Å². The number of hydrogen-bond donors (Lipinski definition) is 3. The van der Waals surface area contributed by atoms with Crippen LogP contribution in [0.25, 0.3) is 0 Å². The van der Waals surface area contributed by atoms with Gasteiger partial charge >= 0.3 is 0 Å². The Hall–Kier alpha value is -3.67. The van der Waals surface area contributed by atoms with Gasteiger partial charge in [0.15, 0.2) is 0 Å². The minimum atomic E-state index is -0.496. The van der Waals surface area contributed by atoms with Crippen molar-refractivity contribution in [3.05, 3.63) is 89.7 Å². The van der Waals surface area contributed by atoms with Crippen molar-refractivity contribution in [3.63, 3.8) is 0 Å². The molecule has 2 aromatic carbocycles. The molecule has 0 aliphatic heterocycles. The molecule has 1 heterocycles. The van der Waals surface area contributed by atoms with Crippen molar-refractivity contribution in [1.82, 2.24) is 10.4 Å².